The van der Waals surface area contributed by atoms with E-state index in [2.05, 4.69) is 23.1 Å². The number of hydrogen-bond acceptors (Lipinski definition) is 8. The predicted molar refractivity (Wildman–Crippen MR) is 122 cm³/mol. The number of thiocarbonyl (C=S) groups is 1. The first-order valence-corrected chi connectivity index (χ1v) is 11.1. The molecule has 2 aromatic rings. The standard InChI is InChI=1S/C22H24N2O6.CH2S/c1-26-20-8-15(4-5-18(20)28-7-6-14-2-3-14)24-13-29-19-9-21(30-16-11-27-12-16)23-10-17(19)22(24)25;1-2/h4-5,8-10,14,16H,2-3,6-7,11-13H2,1H3;1H2. The summed E-state index contributed by atoms with van der Waals surface area (Å²) in [6.07, 6.45) is 5.16. The van der Waals surface area contributed by atoms with Crippen LogP contribution in [0.1, 0.15) is 29.6 Å². The summed E-state index contributed by atoms with van der Waals surface area (Å²) in [6, 6.07) is 7.11. The minimum Gasteiger partial charge on any atom is -0.493 e. The molecule has 1 aromatic carbocycles. The van der Waals surface area contributed by atoms with Crippen molar-refractivity contribution >= 4 is 29.7 Å². The molecule has 1 amide bonds. The van der Waals surface area contributed by atoms with E-state index in [0.717, 1.165) is 12.3 Å². The Hall–Kier alpha value is -2.91. The van der Waals surface area contributed by atoms with Crippen molar-refractivity contribution in [2.45, 2.75) is 25.4 Å². The van der Waals surface area contributed by atoms with Gasteiger partial charge in [-0.15, -0.1) is 0 Å². The molecule has 0 atom stereocenters. The van der Waals surface area contributed by atoms with Crippen LogP contribution in [0.25, 0.3) is 0 Å². The van der Waals surface area contributed by atoms with Crippen molar-refractivity contribution < 1.29 is 28.5 Å². The third-order valence-corrected chi connectivity index (χ3v) is 5.50. The molecule has 3 heterocycles. The molecule has 2 aliphatic heterocycles. The molecule has 0 unspecified atom stereocenters. The molecule has 0 spiro atoms. The second-order valence-corrected chi connectivity index (χ2v) is 7.72. The van der Waals surface area contributed by atoms with E-state index < -0.39 is 0 Å². The molecule has 0 N–H and O–H groups in total. The SMILES string of the molecule is C=S.COc1cc(N2COc3cc(OC4COC4)ncc3C2=O)ccc1OCCC1CC1. The van der Waals surface area contributed by atoms with E-state index in [1.54, 1.807) is 24.1 Å². The van der Waals surface area contributed by atoms with Crippen molar-refractivity contribution in [2.75, 3.05) is 38.6 Å². The Bertz CT molecular complexity index is 963. The average Bonchev–Trinajstić information content (AvgIpc) is 3.63. The fraction of sp³-hybridized carbons (Fsp3) is 0.435. The summed E-state index contributed by atoms with van der Waals surface area (Å²) >= 11 is 3.83. The van der Waals surface area contributed by atoms with Crippen molar-refractivity contribution in [1.82, 2.24) is 4.98 Å². The van der Waals surface area contributed by atoms with Gasteiger partial charge in [0.2, 0.25) is 5.88 Å². The summed E-state index contributed by atoms with van der Waals surface area (Å²) in [4.78, 5) is 18.8. The van der Waals surface area contributed by atoms with Crippen molar-refractivity contribution in [3.63, 3.8) is 0 Å². The first kappa shape index (κ1) is 22.3. The maximum absolute atomic E-state index is 13.0. The van der Waals surface area contributed by atoms with Crippen molar-refractivity contribution in [2.24, 2.45) is 5.92 Å². The molecule has 170 valence electrons. The fourth-order valence-electron chi connectivity index (χ4n) is 3.43. The summed E-state index contributed by atoms with van der Waals surface area (Å²) in [7, 11) is 1.59. The fourth-order valence-corrected chi connectivity index (χ4v) is 3.43. The first-order valence-electron chi connectivity index (χ1n) is 10.5. The molecule has 1 saturated carbocycles. The maximum Gasteiger partial charge on any atom is 0.266 e. The van der Waals surface area contributed by atoms with Gasteiger partial charge in [-0.25, -0.2) is 4.98 Å². The van der Waals surface area contributed by atoms with Gasteiger partial charge in [-0.1, -0.05) is 25.1 Å². The number of fused-ring (bicyclic) bond motifs is 1. The van der Waals surface area contributed by atoms with Crippen molar-refractivity contribution in [3.05, 3.63) is 36.0 Å². The Morgan fingerprint density at radius 2 is 2.03 bits per heavy atom. The van der Waals surface area contributed by atoms with Crippen LogP contribution < -0.4 is 23.8 Å². The number of nitrogens with zero attached hydrogens (tertiary/aromatic N) is 2. The highest BCUT2D eigenvalue weighted by Gasteiger charge is 2.29. The molecule has 1 aromatic heterocycles. The lowest BCUT2D eigenvalue weighted by Crippen LogP contribution is -2.40. The summed E-state index contributed by atoms with van der Waals surface area (Å²) in [5.74, 6) is 5.61. The molecule has 1 aliphatic carbocycles. The number of carbonyl (C=O) groups excluding carboxylic acids is 1. The normalized spacial score (nSPS) is 17.3. The molecule has 0 bridgehead atoms. The largest absolute Gasteiger partial charge is 0.493 e. The van der Waals surface area contributed by atoms with Gasteiger partial charge < -0.3 is 23.7 Å². The molecule has 1 saturated heterocycles. The lowest BCUT2D eigenvalue weighted by Gasteiger charge is -2.30. The molecule has 32 heavy (non-hydrogen) atoms. The molecular formula is C23H26N2O6S. The number of anilines is 1. The lowest BCUT2D eigenvalue weighted by atomic mass is 10.1. The molecular weight excluding hydrogens is 432 g/mol. The third kappa shape index (κ3) is 4.94. The van der Waals surface area contributed by atoms with Crippen LogP contribution >= 0.6 is 12.2 Å². The number of benzene rings is 1. The summed E-state index contributed by atoms with van der Waals surface area (Å²) in [5, 5.41) is 0. The van der Waals surface area contributed by atoms with Gasteiger partial charge in [0.1, 0.15) is 17.4 Å². The number of amides is 1. The van der Waals surface area contributed by atoms with Gasteiger partial charge in [-0.3, -0.25) is 9.69 Å². The second kappa shape index (κ2) is 10.1. The molecule has 3 aliphatic rings. The van der Waals surface area contributed by atoms with Crippen LogP contribution in [0.3, 0.4) is 0 Å². The van der Waals surface area contributed by atoms with Gasteiger partial charge >= 0.3 is 0 Å². The van der Waals surface area contributed by atoms with Crippen LogP contribution in [0.15, 0.2) is 30.5 Å². The van der Waals surface area contributed by atoms with Crippen LogP contribution in [0, 0.1) is 5.92 Å². The van der Waals surface area contributed by atoms with E-state index in [4.69, 9.17) is 23.7 Å². The Morgan fingerprint density at radius 1 is 1.22 bits per heavy atom. The molecule has 5 rings (SSSR count). The summed E-state index contributed by atoms with van der Waals surface area (Å²) in [5.41, 5.74) is 1.06. The van der Waals surface area contributed by atoms with E-state index in [0.29, 0.717) is 54.2 Å². The summed E-state index contributed by atoms with van der Waals surface area (Å²) in [6.45, 7) is 1.86. The van der Waals surface area contributed by atoms with Crippen LogP contribution in [-0.4, -0.2) is 56.5 Å². The number of ether oxygens (including phenoxy) is 5. The Morgan fingerprint density at radius 3 is 2.72 bits per heavy atom. The smallest absolute Gasteiger partial charge is 0.266 e. The average molecular weight is 459 g/mol. The number of methoxy groups -OCH3 is 1. The van der Waals surface area contributed by atoms with Gasteiger partial charge in [-0.2, -0.15) is 0 Å². The van der Waals surface area contributed by atoms with E-state index in [1.165, 1.54) is 19.0 Å². The highest BCUT2D eigenvalue weighted by atomic mass is 32.1. The number of hydrogen-bond donors (Lipinski definition) is 0. The summed E-state index contributed by atoms with van der Waals surface area (Å²) < 4.78 is 28.0. The highest BCUT2D eigenvalue weighted by molar-refractivity contribution is 7.77. The molecule has 9 heteroatoms. The minimum absolute atomic E-state index is 0.00353. The lowest BCUT2D eigenvalue weighted by molar-refractivity contribution is -0.0814. The van der Waals surface area contributed by atoms with E-state index in [-0.39, 0.29) is 18.7 Å². The Balaban J connectivity index is 0.00000119. The Kier molecular flexibility index (Phi) is 7.06. The van der Waals surface area contributed by atoms with Gasteiger partial charge in [0, 0.05) is 18.3 Å². The van der Waals surface area contributed by atoms with Gasteiger partial charge in [0.05, 0.1) is 32.6 Å². The van der Waals surface area contributed by atoms with Crippen molar-refractivity contribution in [1.29, 1.82) is 0 Å². The topological polar surface area (TPSA) is 79.4 Å². The zero-order valence-electron chi connectivity index (χ0n) is 18.0. The number of pyridine rings is 1. The monoisotopic (exact) mass is 458 g/mol. The van der Waals surface area contributed by atoms with Crippen LogP contribution in [0.5, 0.6) is 23.1 Å². The van der Waals surface area contributed by atoms with Gasteiger partial charge in [0.15, 0.2) is 18.2 Å². The molecule has 8 nitrogen and oxygen atoms in total. The zero-order chi connectivity index (χ0) is 22.5. The van der Waals surface area contributed by atoms with Crippen LogP contribution in [0.4, 0.5) is 5.69 Å². The quantitative estimate of drug-likeness (QED) is 0.555. The van der Waals surface area contributed by atoms with E-state index in [9.17, 15) is 4.79 Å². The number of aromatic nitrogens is 1. The van der Waals surface area contributed by atoms with Crippen LogP contribution in [0.2, 0.25) is 0 Å². The first-order chi connectivity index (χ1) is 15.7. The molecule has 0 radical (unpaired) electrons. The Labute approximate surface area is 192 Å². The third-order valence-electron chi connectivity index (χ3n) is 5.50. The maximum atomic E-state index is 13.0. The molecule has 2 fully saturated rings. The van der Waals surface area contributed by atoms with E-state index >= 15 is 0 Å². The van der Waals surface area contributed by atoms with Crippen LogP contribution in [-0.2, 0) is 4.74 Å². The predicted octanol–water partition coefficient (Wildman–Crippen LogP) is 3.66. The highest BCUT2D eigenvalue weighted by Crippen LogP contribution is 2.37. The van der Waals surface area contributed by atoms with Crippen molar-refractivity contribution in [3.8, 4) is 23.1 Å². The second-order valence-electron chi connectivity index (χ2n) is 7.72. The minimum atomic E-state index is -0.188. The zero-order valence-corrected chi connectivity index (χ0v) is 18.8. The van der Waals surface area contributed by atoms with Gasteiger partial charge in [0.25, 0.3) is 5.91 Å². The van der Waals surface area contributed by atoms with E-state index in [1.807, 2.05) is 12.1 Å². The number of carbonyl (C=O) groups is 1. The van der Waals surface area contributed by atoms with Gasteiger partial charge in [-0.05, 0) is 30.3 Å². The number of rotatable bonds is 8.